The summed E-state index contributed by atoms with van der Waals surface area (Å²) in [6.45, 7) is 3.57. The third kappa shape index (κ3) is 4.19. The number of nitrogens with zero attached hydrogens (tertiary/aromatic N) is 1. The van der Waals surface area contributed by atoms with E-state index in [2.05, 4.69) is 9.47 Å². The molecule has 1 aliphatic rings. The van der Waals surface area contributed by atoms with Crippen LogP contribution in [0.15, 0.2) is 30.3 Å². The molecule has 0 N–H and O–H groups in total. The lowest BCUT2D eigenvalue weighted by Crippen LogP contribution is -2.44. The van der Waals surface area contributed by atoms with Crippen LogP contribution in [0, 0.1) is 0 Å². The lowest BCUT2D eigenvalue weighted by Gasteiger charge is -2.27. The number of carbonyl (C=O) groups is 3. The van der Waals surface area contributed by atoms with E-state index in [-0.39, 0.29) is 18.6 Å². The molecule has 0 spiro atoms. The molecule has 7 nitrogen and oxygen atoms in total. The van der Waals surface area contributed by atoms with Gasteiger partial charge in [-0.05, 0) is 19.4 Å². The number of thioether (sulfide) groups is 1. The SMILES string of the molecule is CCOC(=O)OC(=O)[C@@H]1CS[C@@H](c2ccccc2)N1C(=O)OCC. The first-order valence-electron chi connectivity index (χ1n) is 7.58. The van der Waals surface area contributed by atoms with E-state index in [4.69, 9.17) is 4.74 Å². The van der Waals surface area contributed by atoms with E-state index in [1.54, 1.807) is 13.8 Å². The predicted molar refractivity (Wildman–Crippen MR) is 87.4 cm³/mol. The largest absolute Gasteiger partial charge is 0.516 e. The molecule has 0 aliphatic carbocycles. The second-order valence-corrected chi connectivity index (χ2v) is 5.94. The molecule has 0 radical (unpaired) electrons. The highest BCUT2D eigenvalue weighted by Crippen LogP contribution is 2.42. The Balaban J connectivity index is 2.19. The second kappa shape index (κ2) is 8.58. The van der Waals surface area contributed by atoms with Gasteiger partial charge in [-0.25, -0.2) is 14.4 Å². The van der Waals surface area contributed by atoms with Crippen molar-refractivity contribution in [2.75, 3.05) is 19.0 Å². The minimum atomic E-state index is -1.07. The van der Waals surface area contributed by atoms with Crippen LogP contribution in [0.1, 0.15) is 24.8 Å². The second-order valence-electron chi connectivity index (χ2n) is 4.82. The molecular formula is C16H19NO6S. The van der Waals surface area contributed by atoms with Crippen molar-refractivity contribution in [2.45, 2.75) is 25.3 Å². The van der Waals surface area contributed by atoms with E-state index >= 15 is 0 Å². The zero-order valence-corrected chi connectivity index (χ0v) is 14.3. The summed E-state index contributed by atoms with van der Waals surface area (Å²) in [5.74, 6) is -0.524. The van der Waals surface area contributed by atoms with Gasteiger partial charge in [0.2, 0.25) is 0 Å². The van der Waals surface area contributed by atoms with E-state index in [1.807, 2.05) is 30.3 Å². The van der Waals surface area contributed by atoms with Gasteiger partial charge < -0.3 is 14.2 Å². The molecule has 1 aromatic rings. The number of carbonyl (C=O) groups excluding carboxylic acids is 3. The summed E-state index contributed by atoms with van der Waals surface area (Å²) in [7, 11) is 0. The van der Waals surface area contributed by atoms with Crippen molar-refractivity contribution in [3.63, 3.8) is 0 Å². The van der Waals surface area contributed by atoms with Crippen LogP contribution in [0.25, 0.3) is 0 Å². The fourth-order valence-electron chi connectivity index (χ4n) is 2.28. The van der Waals surface area contributed by atoms with E-state index in [0.29, 0.717) is 5.75 Å². The fourth-order valence-corrected chi connectivity index (χ4v) is 3.69. The average molecular weight is 353 g/mol. The quantitative estimate of drug-likeness (QED) is 0.608. The number of amides is 1. The van der Waals surface area contributed by atoms with Gasteiger partial charge >= 0.3 is 18.2 Å². The zero-order valence-electron chi connectivity index (χ0n) is 13.5. The van der Waals surface area contributed by atoms with Crippen LogP contribution in [-0.2, 0) is 19.0 Å². The molecule has 0 bridgehead atoms. The Labute approximate surface area is 144 Å². The molecule has 130 valence electrons. The third-order valence-corrected chi connectivity index (χ3v) is 4.61. The molecule has 1 fully saturated rings. The van der Waals surface area contributed by atoms with Gasteiger partial charge in [0.25, 0.3) is 0 Å². The summed E-state index contributed by atoms with van der Waals surface area (Å²) in [4.78, 5) is 37.2. The monoisotopic (exact) mass is 353 g/mol. The highest BCUT2D eigenvalue weighted by Gasteiger charge is 2.44. The molecule has 0 aromatic heterocycles. The first-order chi connectivity index (χ1) is 11.6. The maximum atomic E-state index is 12.3. The summed E-state index contributed by atoms with van der Waals surface area (Å²) in [5, 5.41) is -0.384. The highest BCUT2D eigenvalue weighted by molar-refractivity contribution is 7.99. The number of hydrogen-bond donors (Lipinski definition) is 0. The summed E-state index contributed by atoms with van der Waals surface area (Å²) in [6, 6.07) is 8.38. The molecule has 2 rings (SSSR count). The molecular weight excluding hydrogens is 334 g/mol. The Bertz CT molecular complexity index is 593. The van der Waals surface area contributed by atoms with Crippen LogP contribution < -0.4 is 0 Å². The minimum absolute atomic E-state index is 0.0970. The van der Waals surface area contributed by atoms with Gasteiger partial charge in [-0.15, -0.1) is 11.8 Å². The van der Waals surface area contributed by atoms with E-state index in [0.717, 1.165) is 5.56 Å². The molecule has 0 saturated carbocycles. The van der Waals surface area contributed by atoms with Gasteiger partial charge in [0.1, 0.15) is 11.4 Å². The number of esters is 1. The Morgan fingerprint density at radius 1 is 1.12 bits per heavy atom. The smallest absolute Gasteiger partial charge is 0.450 e. The summed E-state index contributed by atoms with van der Waals surface area (Å²) in [6.07, 6.45) is -1.69. The third-order valence-electron chi connectivity index (χ3n) is 3.28. The Morgan fingerprint density at radius 2 is 1.79 bits per heavy atom. The standard InChI is InChI=1S/C16H19NO6S/c1-3-21-15(19)17-12(14(18)23-16(20)22-4-2)10-24-13(17)11-8-6-5-7-9-11/h5-9,12-13H,3-4,10H2,1-2H3/t12-,13-/m0/s1. The molecule has 1 aromatic carbocycles. The van der Waals surface area contributed by atoms with Gasteiger partial charge in [0.05, 0.1) is 13.2 Å². The highest BCUT2D eigenvalue weighted by atomic mass is 32.2. The molecule has 24 heavy (non-hydrogen) atoms. The van der Waals surface area contributed by atoms with Crippen LogP contribution >= 0.6 is 11.8 Å². The molecule has 0 unspecified atom stereocenters. The van der Waals surface area contributed by atoms with E-state index < -0.39 is 24.3 Å². The molecule has 2 atom stereocenters. The van der Waals surface area contributed by atoms with Crippen molar-refractivity contribution in [1.29, 1.82) is 0 Å². The summed E-state index contributed by atoms with van der Waals surface area (Å²) < 4.78 is 14.3. The van der Waals surface area contributed by atoms with Crippen LogP contribution in [-0.4, -0.2) is 48.1 Å². The maximum absolute atomic E-state index is 12.3. The average Bonchev–Trinajstić information content (AvgIpc) is 3.01. The van der Waals surface area contributed by atoms with Gasteiger partial charge in [-0.2, -0.15) is 0 Å². The molecule has 1 saturated heterocycles. The fraction of sp³-hybridized carbons (Fsp3) is 0.438. The van der Waals surface area contributed by atoms with Crippen LogP contribution in [0.4, 0.5) is 9.59 Å². The number of benzene rings is 1. The van der Waals surface area contributed by atoms with Crippen molar-refractivity contribution >= 4 is 30.0 Å². The first-order valence-corrected chi connectivity index (χ1v) is 8.63. The van der Waals surface area contributed by atoms with Gasteiger partial charge in [-0.1, -0.05) is 30.3 Å². The minimum Gasteiger partial charge on any atom is -0.450 e. The maximum Gasteiger partial charge on any atom is 0.516 e. The van der Waals surface area contributed by atoms with E-state index in [9.17, 15) is 14.4 Å². The van der Waals surface area contributed by atoms with Gasteiger partial charge in [0, 0.05) is 5.75 Å². The number of ether oxygens (including phenoxy) is 3. The van der Waals surface area contributed by atoms with Crippen LogP contribution in [0.2, 0.25) is 0 Å². The predicted octanol–water partition coefficient (Wildman–Crippen LogP) is 2.96. The van der Waals surface area contributed by atoms with Crippen molar-refractivity contribution < 1.29 is 28.6 Å². The van der Waals surface area contributed by atoms with Crippen molar-refractivity contribution in [1.82, 2.24) is 4.90 Å². The van der Waals surface area contributed by atoms with Crippen molar-refractivity contribution in [2.24, 2.45) is 0 Å². The normalized spacial score (nSPS) is 19.7. The molecule has 1 amide bonds. The van der Waals surface area contributed by atoms with E-state index in [1.165, 1.54) is 16.7 Å². The molecule has 1 heterocycles. The van der Waals surface area contributed by atoms with Crippen LogP contribution in [0.5, 0.6) is 0 Å². The Kier molecular flexibility index (Phi) is 6.48. The number of hydrogen-bond acceptors (Lipinski definition) is 7. The zero-order chi connectivity index (χ0) is 17.5. The number of rotatable bonds is 4. The van der Waals surface area contributed by atoms with Gasteiger partial charge in [-0.3, -0.25) is 4.90 Å². The van der Waals surface area contributed by atoms with Crippen LogP contribution in [0.3, 0.4) is 0 Å². The summed E-state index contributed by atoms with van der Waals surface area (Å²) in [5.41, 5.74) is 0.863. The lowest BCUT2D eigenvalue weighted by atomic mass is 10.2. The Morgan fingerprint density at radius 3 is 2.42 bits per heavy atom. The molecule has 1 aliphatic heterocycles. The first kappa shape index (κ1) is 18.1. The topological polar surface area (TPSA) is 82.1 Å². The lowest BCUT2D eigenvalue weighted by molar-refractivity contribution is -0.144. The van der Waals surface area contributed by atoms with Gasteiger partial charge in [0.15, 0.2) is 0 Å². The molecule has 8 heteroatoms. The Hall–Kier alpha value is -2.22. The van der Waals surface area contributed by atoms with Crippen molar-refractivity contribution in [3.05, 3.63) is 35.9 Å². The van der Waals surface area contributed by atoms with Crippen molar-refractivity contribution in [3.8, 4) is 0 Å². The summed E-state index contributed by atoms with van der Waals surface area (Å²) >= 11 is 1.41.